The monoisotopic (exact) mass is 195 g/mol. The smallest absolute Gasteiger partial charge is 0.303 e. The van der Waals surface area contributed by atoms with Crippen molar-refractivity contribution in [3.63, 3.8) is 0 Å². The van der Waals surface area contributed by atoms with Gasteiger partial charge in [-0.1, -0.05) is 19.9 Å². The van der Waals surface area contributed by atoms with Crippen LogP contribution in [0.15, 0.2) is 24.5 Å². The number of carboxylic acids is 1. The first kappa shape index (κ1) is 12.6. The van der Waals surface area contributed by atoms with Crippen molar-refractivity contribution in [2.75, 3.05) is 0 Å². The molecule has 0 radical (unpaired) electrons. The average Bonchev–Trinajstić information content (AvgIpc) is 2.20. The van der Waals surface area contributed by atoms with E-state index in [-0.39, 0.29) is 0 Å². The molecule has 3 nitrogen and oxygen atoms in total. The fourth-order valence-corrected chi connectivity index (χ4v) is 0.821. The Kier molecular flexibility index (Phi) is 7.42. The fourth-order valence-electron chi connectivity index (χ4n) is 0.821. The summed E-state index contributed by atoms with van der Waals surface area (Å²) < 4.78 is 0. The summed E-state index contributed by atoms with van der Waals surface area (Å²) >= 11 is 0. The van der Waals surface area contributed by atoms with Gasteiger partial charge in [0, 0.05) is 18.8 Å². The van der Waals surface area contributed by atoms with Crippen LogP contribution in [0.2, 0.25) is 0 Å². The number of aromatic nitrogens is 1. The molecular formula is C11H17NO2. The van der Waals surface area contributed by atoms with Gasteiger partial charge in [-0.2, -0.15) is 0 Å². The molecule has 0 saturated carbocycles. The SMILES string of the molecule is CCCC(=O)O.CCc1cccnc1. The predicted octanol–water partition coefficient (Wildman–Crippen LogP) is 2.52. The third kappa shape index (κ3) is 7.28. The molecule has 0 atom stereocenters. The Morgan fingerprint density at radius 1 is 1.50 bits per heavy atom. The molecule has 14 heavy (non-hydrogen) atoms. The maximum Gasteiger partial charge on any atom is 0.303 e. The Bertz CT molecular complexity index is 247. The molecular weight excluding hydrogens is 178 g/mol. The largest absolute Gasteiger partial charge is 0.481 e. The number of carboxylic acid groups (broad SMARTS) is 1. The van der Waals surface area contributed by atoms with Crippen molar-refractivity contribution in [3.8, 4) is 0 Å². The first-order chi connectivity index (χ1) is 6.70. The number of aryl methyl sites for hydroxylation is 1. The lowest BCUT2D eigenvalue weighted by Gasteiger charge is -1.88. The first-order valence-corrected chi connectivity index (χ1v) is 4.81. The van der Waals surface area contributed by atoms with Crippen LogP contribution in [-0.4, -0.2) is 16.1 Å². The molecule has 1 N–H and O–H groups in total. The summed E-state index contributed by atoms with van der Waals surface area (Å²) in [7, 11) is 0. The molecule has 1 heterocycles. The number of carbonyl (C=O) groups is 1. The van der Waals surface area contributed by atoms with E-state index in [2.05, 4.69) is 18.0 Å². The second-order valence-electron chi connectivity index (χ2n) is 2.86. The third-order valence-electron chi connectivity index (χ3n) is 1.59. The molecule has 1 aromatic heterocycles. The molecule has 0 aliphatic heterocycles. The van der Waals surface area contributed by atoms with Gasteiger partial charge >= 0.3 is 5.97 Å². The highest BCUT2D eigenvalue weighted by Gasteiger charge is 1.87. The highest BCUT2D eigenvalue weighted by Crippen LogP contribution is 1.93. The van der Waals surface area contributed by atoms with Crippen molar-refractivity contribution >= 4 is 5.97 Å². The number of nitrogens with zero attached hydrogens (tertiary/aromatic N) is 1. The molecule has 0 bridgehead atoms. The molecule has 0 spiro atoms. The van der Waals surface area contributed by atoms with Crippen molar-refractivity contribution in [1.82, 2.24) is 4.98 Å². The van der Waals surface area contributed by atoms with Gasteiger partial charge in [-0.25, -0.2) is 0 Å². The third-order valence-corrected chi connectivity index (χ3v) is 1.59. The average molecular weight is 195 g/mol. The van der Waals surface area contributed by atoms with E-state index in [1.807, 2.05) is 19.2 Å². The van der Waals surface area contributed by atoms with E-state index >= 15 is 0 Å². The van der Waals surface area contributed by atoms with Crippen LogP contribution in [0.5, 0.6) is 0 Å². The van der Waals surface area contributed by atoms with Gasteiger partial charge in [0.1, 0.15) is 0 Å². The van der Waals surface area contributed by atoms with Crippen LogP contribution < -0.4 is 0 Å². The second-order valence-corrected chi connectivity index (χ2v) is 2.86. The van der Waals surface area contributed by atoms with Crippen LogP contribution in [0.25, 0.3) is 0 Å². The molecule has 0 aromatic carbocycles. The Hall–Kier alpha value is -1.38. The number of hydrogen-bond acceptors (Lipinski definition) is 2. The molecule has 0 aliphatic rings. The standard InChI is InChI=1S/C7H9N.C4H8O2/c1-2-7-4-3-5-8-6-7;1-2-3-4(5)6/h3-6H,2H2,1H3;2-3H2,1H3,(H,5,6). The van der Waals surface area contributed by atoms with Gasteiger partial charge in [-0.15, -0.1) is 0 Å². The van der Waals surface area contributed by atoms with Crippen LogP contribution >= 0.6 is 0 Å². The zero-order valence-corrected chi connectivity index (χ0v) is 8.73. The van der Waals surface area contributed by atoms with Gasteiger partial charge in [0.05, 0.1) is 0 Å². The van der Waals surface area contributed by atoms with Gasteiger partial charge in [0.2, 0.25) is 0 Å². The number of pyridine rings is 1. The predicted molar refractivity (Wildman–Crippen MR) is 56.2 cm³/mol. The molecule has 0 aliphatic carbocycles. The van der Waals surface area contributed by atoms with E-state index in [0.29, 0.717) is 6.42 Å². The molecule has 0 amide bonds. The Morgan fingerprint density at radius 2 is 2.21 bits per heavy atom. The fraction of sp³-hybridized carbons (Fsp3) is 0.455. The molecule has 0 saturated heterocycles. The van der Waals surface area contributed by atoms with Crippen LogP contribution in [0.1, 0.15) is 32.3 Å². The normalized spacial score (nSPS) is 8.71. The zero-order chi connectivity index (χ0) is 10.8. The van der Waals surface area contributed by atoms with Crippen molar-refractivity contribution in [2.45, 2.75) is 33.1 Å². The van der Waals surface area contributed by atoms with Gasteiger partial charge in [0.15, 0.2) is 0 Å². The maximum absolute atomic E-state index is 9.60. The molecule has 0 unspecified atom stereocenters. The topological polar surface area (TPSA) is 50.2 Å². The first-order valence-electron chi connectivity index (χ1n) is 4.81. The van der Waals surface area contributed by atoms with Crippen LogP contribution in [0, 0.1) is 0 Å². The van der Waals surface area contributed by atoms with Crippen LogP contribution in [-0.2, 0) is 11.2 Å². The number of rotatable bonds is 3. The highest BCUT2D eigenvalue weighted by molar-refractivity contribution is 5.66. The lowest BCUT2D eigenvalue weighted by atomic mass is 10.2. The molecule has 78 valence electrons. The molecule has 0 fully saturated rings. The van der Waals surface area contributed by atoms with Crippen LogP contribution in [0.4, 0.5) is 0 Å². The van der Waals surface area contributed by atoms with E-state index in [4.69, 9.17) is 5.11 Å². The van der Waals surface area contributed by atoms with E-state index in [1.165, 1.54) is 5.56 Å². The summed E-state index contributed by atoms with van der Waals surface area (Å²) in [6.45, 7) is 3.96. The quantitative estimate of drug-likeness (QED) is 0.806. The van der Waals surface area contributed by atoms with Gasteiger partial charge in [-0.05, 0) is 24.5 Å². The summed E-state index contributed by atoms with van der Waals surface area (Å²) in [6, 6.07) is 4.03. The second kappa shape index (κ2) is 8.23. The summed E-state index contributed by atoms with van der Waals surface area (Å²) in [6.07, 6.45) is 5.78. The van der Waals surface area contributed by atoms with Gasteiger partial charge < -0.3 is 5.11 Å². The summed E-state index contributed by atoms with van der Waals surface area (Å²) in [5.74, 6) is -0.711. The van der Waals surface area contributed by atoms with Crippen molar-refractivity contribution in [2.24, 2.45) is 0 Å². The number of hydrogen-bond donors (Lipinski definition) is 1. The lowest BCUT2D eigenvalue weighted by Crippen LogP contribution is -1.90. The van der Waals surface area contributed by atoms with Gasteiger partial charge in [0.25, 0.3) is 0 Å². The Balaban J connectivity index is 0.000000255. The molecule has 1 rings (SSSR count). The Labute approximate surface area is 84.8 Å². The molecule has 1 aromatic rings. The highest BCUT2D eigenvalue weighted by atomic mass is 16.4. The lowest BCUT2D eigenvalue weighted by molar-refractivity contribution is -0.137. The minimum Gasteiger partial charge on any atom is -0.481 e. The summed E-state index contributed by atoms with van der Waals surface area (Å²) in [5.41, 5.74) is 1.30. The van der Waals surface area contributed by atoms with Crippen LogP contribution in [0.3, 0.4) is 0 Å². The maximum atomic E-state index is 9.60. The summed E-state index contributed by atoms with van der Waals surface area (Å²) in [5, 5.41) is 7.91. The van der Waals surface area contributed by atoms with Crippen molar-refractivity contribution in [1.29, 1.82) is 0 Å². The zero-order valence-electron chi connectivity index (χ0n) is 8.73. The van der Waals surface area contributed by atoms with E-state index < -0.39 is 5.97 Å². The number of aliphatic carboxylic acids is 1. The molecule has 3 heteroatoms. The van der Waals surface area contributed by atoms with Crippen molar-refractivity contribution in [3.05, 3.63) is 30.1 Å². The van der Waals surface area contributed by atoms with E-state index in [9.17, 15) is 4.79 Å². The van der Waals surface area contributed by atoms with E-state index in [1.54, 1.807) is 6.20 Å². The van der Waals surface area contributed by atoms with Crippen molar-refractivity contribution < 1.29 is 9.90 Å². The Morgan fingerprint density at radius 3 is 2.43 bits per heavy atom. The minimum absolute atomic E-state index is 0.292. The minimum atomic E-state index is -0.711. The van der Waals surface area contributed by atoms with Gasteiger partial charge in [-0.3, -0.25) is 9.78 Å². The summed E-state index contributed by atoms with van der Waals surface area (Å²) in [4.78, 5) is 13.6. The van der Waals surface area contributed by atoms with E-state index in [0.717, 1.165) is 12.8 Å².